The molecule has 1 unspecified atom stereocenters. The van der Waals surface area contributed by atoms with Gasteiger partial charge in [0, 0.05) is 0 Å². The van der Waals surface area contributed by atoms with Crippen LogP contribution in [0.2, 0.25) is 0 Å². The monoisotopic (exact) mass is 323 g/mol. The van der Waals surface area contributed by atoms with Gasteiger partial charge in [-0.05, 0) is 31.5 Å². The minimum absolute atomic E-state index is 0.104. The molecule has 1 aliphatic heterocycles. The third-order valence-electron chi connectivity index (χ3n) is 4.06. The Morgan fingerprint density at radius 2 is 1.54 bits per heavy atom. The van der Waals surface area contributed by atoms with Crippen LogP contribution in [0, 0.1) is 6.92 Å². The average molecular weight is 323 g/mol. The van der Waals surface area contributed by atoms with Gasteiger partial charge in [0.25, 0.3) is 11.8 Å². The van der Waals surface area contributed by atoms with Gasteiger partial charge in [0.2, 0.25) is 0 Å². The standard InChI is InChI=1S/C19H17NO4/c1-12-7-9-14(10-8-12)11-24-19(23)13(2)20-17(21)15-5-3-4-6-16(15)18(20)22/h3-10,13H,11H2,1-2H3. The molecule has 0 N–H and O–H groups in total. The van der Waals surface area contributed by atoms with Crippen LogP contribution in [-0.4, -0.2) is 28.7 Å². The number of hydrogen-bond donors (Lipinski definition) is 0. The maximum absolute atomic E-state index is 12.4. The Balaban J connectivity index is 1.69. The number of nitrogens with zero attached hydrogens (tertiary/aromatic N) is 1. The number of ether oxygens (including phenoxy) is 1. The van der Waals surface area contributed by atoms with E-state index in [2.05, 4.69) is 0 Å². The van der Waals surface area contributed by atoms with Gasteiger partial charge in [-0.1, -0.05) is 42.0 Å². The summed E-state index contributed by atoms with van der Waals surface area (Å²) < 4.78 is 5.25. The van der Waals surface area contributed by atoms with Crippen molar-refractivity contribution in [2.45, 2.75) is 26.5 Å². The van der Waals surface area contributed by atoms with Gasteiger partial charge in [-0.2, -0.15) is 0 Å². The van der Waals surface area contributed by atoms with Gasteiger partial charge in [0.1, 0.15) is 12.6 Å². The molecule has 0 spiro atoms. The Kier molecular flexibility index (Phi) is 4.16. The van der Waals surface area contributed by atoms with Crippen LogP contribution in [0.3, 0.4) is 0 Å². The highest BCUT2D eigenvalue weighted by Crippen LogP contribution is 2.24. The Hall–Kier alpha value is -2.95. The zero-order valence-corrected chi connectivity index (χ0v) is 13.5. The molecule has 2 aromatic rings. The van der Waals surface area contributed by atoms with Crippen molar-refractivity contribution in [3.05, 3.63) is 70.8 Å². The molecule has 0 aliphatic carbocycles. The Labute approximate surface area is 139 Å². The fourth-order valence-corrected chi connectivity index (χ4v) is 2.62. The highest BCUT2D eigenvalue weighted by molar-refractivity contribution is 6.22. The molecule has 0 aromatic heterocycles. The summed E-state index contributed by atoms with van der Waals surface area (Å²) in [7, 11) is 0. The Bertz CT molecular complexity index is 775. The summed E-state index contributed by atoms with van der Waals surface area (Å²) in [6.07, 6.45) is 0. The van der Waals surface area contributed by atoms with E-state index >= 15 is 0 Å². The first-order valence-corrected chi connectivity index (χ1v) is 7.68. The molecule has 0 bridgehead atoms. The number of amides is 2. The summed E-state index contributed by atoms with van der Waals surface area (Å²) in [5.74, 6) is -1.53. The summed E-state index contributed by atoms with van der Waals surface area (Å²) in [6.45, 7) is 3.58. The lowest BCUT2D eigenvalue weighted by Gasteiger charge is -2.20. The third-order valence-corrected chi connectivity index (χ3v) is 4.06. The van der Waals surface area contributed by atoms with Crippen molar-refractivity contribution in [2.75, 3.05) is 0 Å². The highest BCUT2D eigenvalue weighted by Gasteiger charge is 2.41. The van der Waals surface area contributed by atoms with Crippen molar-refractivity contribution >= 4 is 17.8 Å². The Morgan fingerprint density at radius 1 is 1.00 bits per heavy atom. The lowest BCUT2D eigenvalue weighted by atomic mass is 10.1. The maximum atomic E-state index is 12.4. The minimum atomic E-state index is -0.970. The number of esters is 1. The van der Waals surface area contributed by atoms with Crippen molar-refractivity contribution in [3.63, 3.8) is 0 Å². The van der Waals surface area contributed by atoms with Crippen molar-refractivity contribution in [1.29, 1.82) is 0 Å². The van der Waals surface area contributed by atoms with Gasteiger partial charge < -0.3 is 4.74 Å². The van der Waals surface area contributed by atoms with Crippen LogP contribution in [0.1, 0.15) is 38.8 Å². The van der Waals surface area contributed by atoms with Crippen LogP contribution in [0.15, 0.2) is 48.5 Å². The second-order valence-corrected chi connectivity index (χ2v) is 5.80. The maximum Gasteiger partial charge on any atom is 0.329 e. The van der Waals surface area contributed by atoms with Crippen molar-refractivity contribution in [2.24, 2.45) is 0 Å². The normalized spacial score (nSPS) is 14.5. The molecular formula is C19H17NO4. The van der Waals surface area contributed by atoms with Gasteiger partial charge in [0.15, 0.2) is 0 Å². The largest absolute Gasteiger partial charge is 0.459 e. The molecule has 1 atom stereocenters. The number of carbonyl (C=O) groups excluding carboxylic acids is 3. The lowest BCUT2D eigenvalue weighted by Crippen LogP contribution is -2.43. The van der Waals surface area contributed by atoms with Gasteiger partial charge in [-0.15, -0.1) is 0 Å². The van der Waals surface area contributed by atoms with Crippen LogP contribution < -0.4 is 0 Å². The number of fused-ring (bicyclic) bond motifs is 1. The quantitative estimate of drug-likeness (QED) is 0.641. The minimum Gasteiger partial charge on any atom is -0.459 e. The van der Waals surface area contributed by atoms with E-state index < -0.39 is 23.8 Å². The van der Waals surface area contributed by atoms with E-state index in [1.165, 1.54) is 6.92 Å². The molecular weight excluding hydrogens is 306 g/mol. The molecule has 0 saturated heterocycles. The fraction of sp³-hybridized carbons (Fsp3) is 0.211. The second-order valence-electron chi connectivity index (χ2n) is 5.80. The SMILES string of the molecule is Cc1ccc(COC(=O)C(C)N2C(=O)c3ccccc3C2=O)cc1. The zero-order chi connectivity index (χ0) is 17.3. The van der Waals surface area contributed by atoms with Gasteiger partial charge >= 0.3 is 5.97 Å². The number of rotatable bonds is 4. The summed E-state index contributed by atoms with van der Waals surface area (Å²) in [5.41, 5.74) is 2.61. The molecule has 2 aromatic carbocycles. The van der Waals surface area contributed by atoms with E-state index in [1.807, 2.05) is 31.2 Å². The highest BCUT2D eigenvalue weighted by atomic mass is 16.5. The van der Waals surface area contributed by atoms with Crippen molar-refractivity contribution in [3.8, 4) is 0 Å². The molecule has 24 heavy (non-hydrogen) atoms. The average Bonchev–Trinajstić information content (AvgIpc) is 2.85. The number of imide groups is 1. The first-order chi connectivity index (χ1) is 11.5. The first kappa shape index (κ1) is 15.9. The Morgan fingerprint density at radius 3 is 2.08 bits per heavy atom. The van der Waals surface area contributed by atoms with E-state index in [0.29, 0.717) is 11.1 Å². The van der Waals surface area contributed by atoms with Gasteiger partial charge in [0.05, 0.1) is 11.1 Å². The molecule has 3 rings (SSSR count). The molecule has 0 fully saturated rings. The zero-order valence-electron chi connectivity index (χ0n) is 13.5. The van der Waals surface area contributed by atoms with Crippen molar-refractivity contribution in [1.82, 2.24) is 4.90 Å². The third kappa shape index (κ3) is 2.80. The summed E-state index contributed by atoms with van der Waals surface area (Å²) in [6, 6.07) is 13.2. The van der Waals surface area contributed by atoms with Gasteiger partial charge in [-0.25, -0.2) is 4.79 Å². The van der Waals surface area contributed by atoms with Gasteiger partial charge in [-0.3, -0.25) is 14.5 Å². The van der Waals surface area contributed by atoms with Crippen molar-refractivity contribution < 1.29 is 19.1 Å². The number of hydrogen-bond acceptors (Lipinski definition) is 4. The summed E-state index contributed by atoms with van der Waals surface area (Å²) in [4.78, 5) is 37.9. The molecule has 5 heteroatoms. The smallest absolute Gasteiger partial charge is 0.329 e. The predicted molar refractivity (Wildman–Crippen MR) is 87.4 cm³/mol. The van der Waals surface area contributed by atoms with Crippen LogP contribution in [0.5, 0.6) is 0 Å². The molecule has 5 nitrogen and oxygen atoms in total. The molecule has 0 radical (unpaired) electrons. The molecule has 1 heterocycles. The number of aryl methyl sites for hydroxylation is 1. The lowest BCUT2D eigenvalue weighted by molar-refractivity contribution is -0.149. The number of carbonyl (C=O) groups is 3. The second kappa shape index (κ2) is 6.28. The van der Waals surface area contributed by atoms with Crippen LogP contribution in [0.25, 0.3) is 0 Å². The molecule has 2 amide bonds. The predicted octanol–water partition coefficient (Wildman–Crippen LogP) is 2.72. The van der Waals surface area contributed by atoms with E-state index in [4.69, 9.17) is 4.74 Å². The molecule has 122 valence electrons. The summed E-state index contributed by atoms with van der Waals surface area (Å²) >= 11 is 0. The number of benzene rings is 2. The van der Waals surface area contributed by atoms with Crippen LogP contribution in [-0.2, 0) is 16.1 Å². The fourth-order valence-electron chi connectivity index (χ4n) is 2.62. The van der Waals surface area contributed by atoms with E-state index in [0.717, 1.165) is 16.0 Å². The summed E-state index contributed by atoms with van der Waals surface area (Å²) in [5, 5.41) is 0. The molecule has 1 aliphatic rings. The topological polar surface area (TPSA) is 63.7 Å². The van der Waals surface area contributed by atoms with E-state index in [1.54, 1.807) is 24.3 Å². The molecule has 0 saturated carbocycles. The van der Waals surface area contributed by atoms with E-state index in [-0.39, 0.29) is 6.61 Å². The first-order valence-electron chi connectivity index (χ1n) is 7.68. The van der Waals surface area contributed by atoms with Crippen LogP contribution >= 0.6 is 0 Å². The van der Waals surface area contributed by atoms with E-state index in [9.17, 15) is 14.4 Å². The van der Waals surface area contributed by atoms with Crippen LogP contribution in [0.4, 0.5) is 0 Å².